The van der Waals surface area contributed by atoms with Crippen molar-refractivity contribution in [3.8, 4) is 0 Å². The number of benzene rings is 1. The summed E-state index contributed by atoms with van der Waals surface area (Å²) in [6.07, 6.45) is -6.82. The number of para-hydroxylation sites is 1. The van der Waals surface area contributed by atoms with Crippen molar-refractivity contribution in [1.82, 2.24) is 4.48 Å². The van der Waals surface area contributed by atoms with Crippen molar-refractivity contribution < 1.29 is 39.5 Å². The zero-order valence-electron chi connectivity index (χ0n) is 11.2. The number of alkyl halides is 9. The normalized spacial score (nSPS) is 15.0. The van der Waals surface area contributed by atoms with Crippen LogP contribution in [0.4, 0.5) is 45.2 Å². The average molecular weight is 340 g/mol. The van der Waals surface area contributed by atoms with E-state index >= 15 is 0 Å². The molecule has 0 aliphatic carbocycles. The van der Waals surface area contributed by atoms with Gasteiger partial charge in [-0.1, -0.05) is 18.2 Å². The van der Waals surface area contributed by atoms with E-state index in [-0.39, 0.29) is 0 Å². The molecule has 10 heteroatoms. The largest absolute Gasteiger partial charge is 0.466 e. The third-order valence-electron chi connectivity index (χ3n) is 3.23. The van der Waals surface area contributed by atoms with Crippen molar-refractivity contribution in [3.05, 3.63) is 30.3 Å². The van der Waals surface area contributed by atoms with E-state index in [1.165, 1.54) is 6.07 Å². The van der Waals surface area contributed by atoms with E-state index < -0.39 is 34.2 Å². The van der Waals surface area contributed by atoms with Gasteiger partial charge in [-0.2, -0.15) is 30.7 Å². The summed E-state index contributed by atoms with van der Waals surface area (Å²) in [4.78, 5) is 0. The molecule has 0 saturated carbocycles. The number of hydrogen-bond acceptors (Lipinski definition) is 0. The fraction of sp³-hybridized carbons (Fsp3) is 0.500. The topological polar surface area (TPSA) is 0 Å². The molecule has 1 rings (SSSR count). The molecule has 0 aromatic heterocycles. The molecule has 0 amide bonds. The molecule has 0 aliphatic rings. The molecule has 1 aromatic rings. The number of quaternary nitrogens is 1. The lowest BCUT2D eigenvalue weighted by Crippen LogP contribution is -2.72. The van der Waals surface area contributed by atoms with Crippen molar-refractivity contribution in [2.45, 2.75) is 24.1 Å². The molecule has 0 saturated heterocycles. The van der Waals surface area contributed by atoms with Gasteiger partial charge >= 0.3 is 24.1 Å². The summed E-state index contributed by atoms with van der Waals surface area (Å²) in [5.41, 5.74) is -0.565. The molecule has 1 nitrogen and oxygen atoms in total. The predicted octanol–water partition coefficient (Wildman–Crippen LogP) is 4.68. The summed E-state index contributed by atoms with van der Waals surface area (Å²) in [7, 11) is 0.825. The van der Waals surface area contributed by atoms with E-state index in [1.54, 1.807) is 0 Å². The quantitative estimate of drug-likeness (QED) is 0.424. The molecular weight excluding hydrogens is 329 g/mol. The minimum atomic E-state index is -6.90. The SMILES string of the molecule is C[N+](C)(c1ccccc1)C(F)(F)C(F)(F)C(F)(F)C(F)(F)F. The lowest BCUT2D eigenvalue weighted by atomic mass is 10.1. The lowest BCUT2D eigenvalue weighted by Gasteiger charge is -2.42. The predicted molar refractivity (Wildman–Crippen MR) is 61.0 cm³/mol. The molecule has 22 heavy (non-hydrogen) atoms. The summed E-state index contributed by atoms with van der Waals surface area (Å²) in [5.74, 6) is -13.6. The molecule has 0 unspecified atom stereocenters. The summed E-state index contributed by atoms with van der Waals surface area (Å²) in [5, 5.41) is 0. The van der Waals surface area contributed by atoms with Gasteiger partial charge in [0, 0.05) is 0 Å². The van der Waals surface area contributed by atoms with Crippen LogP contribution in [0.3, 0.4) is 0 Å². The molecule has 0 fully saturated rings. The number of halogens is 9. The van der Waals surface area contributed by atoms with Crippen LogP contribution in [0.15, 0.2) is 30.3 Å². The van der Waals surface area contributed by atoms with Crippen LogP contribution in [0.2, 0.25) is 0 Å². The van der Waals surface area contributed by atoms with Crippen molar-refractivity contribution in [2.24, 2.45) is 0 Å². The molecule has 1 aromatic carbocycles. The molecule has 126 valence electrons. The third kappa shape index (κ3) is 2.42. The van der Waals surface area contributed by atoms with Gasteiger partial charge < -0.3 is 0 Å². The summed E-state index contributed by atoms with van der Waals surface area (Å²) in [6, 6.07) is -0.250. The van der Waals surface area contributed by atoms with E-state index in [1.807, 2.05) is 0 Å². The van der Waals surface area contributed by atoms with Gasteiger partial charge in [0.25, 0.3) is 0 Å². The highest BCUT2D eigenvalue weighted by molar-refractivity contribution is 5.43. The number of hydrogen-bond donors (Lipinski definition) is 0. The smallest absolute Gasteiger partial charge is 0.230 e. The fourth-order valence-electron chi connectivity index (χ4n) is 1.68. The summed E-state index contributed by atoms with van der Waals surface area (Å²) in [6.45, 7) is 0. The van der Waals surface area contributed by atoms with Gasteiger partial charge in [0.15, 0.2) is 0 Å². The van der Waals surface area contributed by atoms with E-state index in [9.17, 15) is 39.5 Å². The van der Waals surface area contributed by atoms with Crippen molar-refractivity contribution >= 4 is 5.69 Å². The van der Waals surface area contributed by atoms with Crippen LogP contribution in [0, 0.1) is 0 Å². The second-order valence-electron chi connectivity index (χ2n) is 4.98. The minimum Gasteiger partial charge on any atom is -0.230 e. The highest BCUT2D eigenvalue weighted by atomic mass is 19.4. The highest BCUT2D eigenvalue weighted by Crippen LogP contribution is 2.55. The number of rotatable bonds is 4. The minimum absolute atomic E-state index is 0.412. The van der Waals surface area contributed by atoms with Crippen LogP contribution < -0.4 is 4.48 Å². The molecular formula is C12H11F9N+. The van der Waals surface area contributed by atoms with E-state index in [4.69, 9.17) is 0 Å². The average Bonchev–Trinajstić information content (AvgIpc) is 2.37. The van der Waals surface area contributed by atoms with Crippen LogP contribution in [0.25, 0.3) is 0 Å². The third-order valence-corrected chi connectivity index (χ3v) is 3.23. The first-order chi connectivity index (χ1) is 9.61. The second-order valence-corrected chi connectivity index (χ2v) is 4.98. The Morgan fingerprint density at radius 2 is 1.09 bits per heavy atom. The first kappa shape index (κ1) is 18.6. The van der Waals surface area contributed by atoms with Gasteiger partial charge in [-0.05, 0) is 12.1 Å². The molecule has 0 bridgehead atoms. The monoisotopic (exact) mass is 340 g/mol. The Bertz CT molecular complexity index is 519. The van der Waals surface area contributed by atoms with Crippen LogP contribution >= 0.6 is 0 Å². The van der Waals surface area contributed by atoms with E-state index in [0.717, 1.165) is 24.3 Å². The van der Waals surface area contributed by atoms with Gasteiger partial charge in [-0.25, -0.2) is 4.48 Å². The van der Waals surface area contributed by atoms with Crippen LogP contribution in [-0.4, -0.2) is 38.2 Å². The first-order valence-corrected chi connectivity index (χ1v) is 5.70. The molecule has 0 atom stereocenters. The molecule has 0 heterocycles. The van der Waals surface area contributed by atoms with Crippen LogP contribution in [0.1, 0.15) is 0 Å². The Kier molecular flexibility index (Phi) is 4.26. The van der Waals surface area contributed by atoms with Gasteiger partial charge in [-0.3, -0.25) is 0 Å². The molecule has 0 N–H and O–H groups in total. The maximum absolute atomic E-state index is 13.9. The standard InChI is InChI=1S/C12H11F9N/c1-22(2,8-6-4-3-5-7-8)12(20,21)10(15,16)9(13,14)11(17,18)19/h3-7H,1-2H3/q+1. The maximum atomic E-state index is 13.9. The zero-order chi connectivity index (χ0) is 17.6. The second kappa shape index (κ2) is 5.04. The van der Waals surface area contributed by atoms with Crippen molar-refractivity contribution in [2.75, 3.05) is 14.1 Å². The van der Waals surface area contributed by atoms with Gasteiger partial charge in [0.05, 0.1) is 14.1 Å². The fourth-order valence-corrected chi connectivity index (χ4v) is 1.68. The van der Waals surface area contributed by atoms with Crippen LogP contribution in [0.5, 0.6) is 0 Å². The van der Waals surface area contributed by atoms with E-state index in [2.05, 4.69) is 0 Å². The van der Waals surface area contributed by atoms with Crippen molar-refractivity contribution in [3.63, 3.8) is 0 Å². The Balaban J connectivity index is 3.45. The van der Waals surface area contributed by atoms with Crippen LogP contribution in [-0.2, 0) is 0 Å². The van der Waals surface area contributed by atoms with Gasteiger partial charge in [0.2, 0.25) is 0 Å². The lowest BCUT2D eigenvalue weighted by molar-refractivity contribution is -0.413. The Morgan fingerprint density at radius 3 is 1.45 bits per heavy atom. The first-order valence-electron chi connectivity index (χ1n) is 5.70. The maximum Gasteiger partial charge on any atom is 0.466 e. The Morgan fingerprint density at radius 1 is 0.682 bits per heavy atom. The Labute approximate surface area is 119 Å². The van der Waals surface area contributed by atoms with Gasteiger partial charge in [0.1, 0.15) is 5.69 Å². The zero-order valence-corrected chi connectivity index (χ0v) is 11.2. The molecule has 0 radical (unpaired) electrons. The molecule has 0 aliphatic heterocycles. The Hall–Kier alpha value is -1.45. The summed E-state index contributed by atoms with van der Waals surface area (Å²) < 4.78 is 115. The van der Waals surface area contributed by atoms with E-state index in [0.29, 0.717) is 14.1 Å². The van der Waals surface area contributed by atoms with Crippen molar-refractivity contribution in [1.29, 1.82) is 0 Å². The molecule has 0 spiro atoms. The van der Waals surface area contributed by atoms with Gasteiger partial charge in [-0.15, -0.1) is 8.78 Å². The highest BCUT2D eigenvalue weighted by Gasteiger charge is 2.87. The number of nitrogens with zero attached hydrogens (tertiary/aromatic N) is 1. The summed E-state index contributed by atoms with van der Waals surface area (Å²) >= 11 is 0.